The fourth-order valence-corrected chi connectivity index (χ4v) is 5.14. The number of anilines is 1. The Kier molecular flexibility index (Phi) is 5.71. The first-order chi connectivity index (χ1) is 13.0. The number of carbonyl (C=O) groups is 1. The molecule has 1 aromatic carbocycles. The van der Waals surface area contributed by atoms with Crippen molar-refractivity contribution >= 4 is 21.5 Å². The third-order valence-electron chi connectivity index (χ3n) is 6.21. The van der Waals surface area contributed by atoms with Gasteiger partial charge in [0.25, 0.3) is 0 Å². The van der Waals surface area contributed by atoms with Crippen LogP contribution in [-0.2, 0) is 20.2 Å². The number of para-hydroxylation sites is 1. The maximum atomic E-state index is 12.8. The van der Waals surface area contributed by atoms with Crippen molar-refractivity contribution in [1.29, 1.82) is 0 Å². The van der Waals surface area contributed by atoms with E-state index in [0.29, 0.717) is 6.54 Å². The maximum Gasteiger partial charge on any atom is 0.211 e. The number of ketones is 1. The molecule has 0 aromatic heterocycles. The third kappa shape index (κ3) is 4.02. The SMILES string of the molecule is CN1/C(=C/C(=O)CN2CCC(N(C)S(C)(=O)=O)CC2)C(C)(C)c2ccccc21. The summed E-state index contributed by atoms with van der Waals surface area (Å²) in [6.45, 7) is 6.15. The number of benzene rings is 1. The molecule has 6 nitrogen and oxygen atoms in total. The number of likely N-dealkylation sites (N-methyl/N-ethyl adjacent to an activating group) is 1. The molecule has 2 aliphatic heterocycles. The molecule has 0 radical (unpaired) electrons. The molecule has 3 rings (SSSR count). The van der Waals surface area contributed by atoms with Gasteiger partial charge in [-0.2, -0.15) is 0 Å². The minimum atomic E-state index is -3.17. The van der Waals surface area contributed by atoms with Crippen LogP contribution in [0.25, 0.3) is 0 Å². The Balaban J connectivity index is 1.64. The smallest absolute Gasteiger partial charge is 0.211 e. The lowest BCUT2D eigenvalue weighted by atomic mass is 9.83. The summed E-state index contributed by atoms with van der Waals surface area (Å²) in [4.78, 5) is 17.0. The number of sulfonamides is 1. The predicted molar refractivity (Wildman–Crippen MR) is 113 cm³/mol. The number of nitrogens with zero attached hydrogens (tertiary/aromatic N) is 3. The minimum absolute atomic E-state index is 0.0223. The molecule has 1 aromatic rings. The first-order valence-electron chi connectivity index (χ1n) is 9.75. The number of fused-ring (bicyclic) bond motifs is 1. The highest BCUT2D eigenvalue weighted by molar-refractivity contribution is 7.88. The molecule has 0 amide bonds. The van der Waals surface area contributed by atoms with Crippen molar-refractivity contribution in [2.24, 2.45) is 0 Å². The Hall–Kier alpha value is -1.70. The summed E-state index contributed by atoms with van der Waals surface area (Å²) in [6, 6.07) is 8.30. The fourth-order valence-electron chi connectivity index (χ4n) is 4.39. The maximum absolute atomic E-state index is 12.8. The van der Waals surface area contributed by atoms with E-state index in [1.807, 2.05) is 19.2 Å². The highest BCUT2D eigenvalue weighted by atomic mass is 32.2. The number of hydrogen-bond donors (Lipinski definition) is 0. The Bertz CT molecular complexity index is 884. The molecule has 7 heteroatoms. The topological polar surface area (TPSA) is 60.9 Å². The molecule has 1 saturated heterocycles. The van der Waals surface area contributed by atoms with Gasteiger partial charge in [0.15, 0.2) is 5.78 Å². The second-order valence-electron chi connectivity index (χ2n) is 8.48. The Labute approximate surface area is 168 Å². The van der Waals surface area contributed by atoms with Gasteiger partial charge in [0.1, 0.15) is 0 Å². The van der Waals surface area contributed by atoms with E-state index in [1.165, 1.54) is 16.1 Å². The molecule has 154 valence electrons. The molecule has 0 aliphatic carbocycles. The van der Waals surface area contributed by atoms with Crippen molar-refractivity contribution in [2.75, 3.05) is 44.9 Å². The van der Waals surface area contributed by atoms with Crippen molar-refractivity contribution in [1.82, 2.24) is 9.21 Å². The van der Waals surface area contributed by atoms with Crippen LogP contribution >= 0.6 is 0 Å². The molecular formula is C21H31N3O3S. The first-order valence-corrected chi connectivity index (χ1v) is 11.6. The van der Waals surface area contributed by atoms with Gasteiger partial charge < -0.3 is 4.90 Å². The molecule has 2 heterocycles. The molecule has 0 atom stereocenters. The number of rotatable bonds is 5. The number of likely N-dealkylation sites (tertiary alicyclic amines) is 1. The molecule has 0 spiro atoms. The van der Waals surface area contributed by atoms with Crippen molar-refractivity contribution in [2.45, 2.75) is 38.1 Å². The number of allylic oxidation sites excluding steroid dienone is 1. The summed E-state index contributed by atoms with van der Waals surface area (Å²) in [5.74, 6) is 0.0950. The molecule has 0 unspecified atom stereocenters. The average molecular weight is 406 g/mol. The lowest BCUT2D eigenvalue weighted by molar-refractivity contribution is -0.116. The van der Waals surface area contributed by atoms with Crippen molar-refractivity contribution in [3.63, 3.8) is 0 Å². The molecule has 2 aliphatic rings. The predicted octanol–water partition coefficient (Wildman–Crippen LogP) is 2.22. The van der Waals surface area contributed by atoms with E-state index < -0.39 is 10.0 Å². The quantitative estimate of drug-likeness (QED) is 0.703. The summed E-state index contributed by atoms with van der Waals surface area (Å²) >= 11 is 0. The largest absolute Gasteiger partial charge is 0.347 e. The van der Waals surface area contributed by atoms with E-state index in [9.17, 15) is 13.2 Å². The van der Waals surface area contributed by atoms with Gasteiger partial charge in [0, 0.05) is 56.1 Å². The minimum Gasteiger partial charge on any atom is -0.347 e. The summed E-state index contributed by atoms with van der Waals surface area (Å²) in [6.07, 6.45) is 4.54. The third-order valence-corrected chi connectivity index (χ3v) is 7.56. The van der Waals surface area contributed by atoms with E-state index in [1.54, 1.807) is 13.1 Å². The van der Waals surface area contributed by atoms with Crippen LogP contribution in [0.2, 0.25) is 0 Å². The number of piperidine rings is 1. The van der Waals surface area contributed by atoms with Crippen LogP contribution in [0.4, 0.5) is 5.69 Å². The fraction of sp³-hybridized carbons (Fsp3) is 0.571. The first kappa shape index (κ1) is 21.0. The monoisotopic (exact) mass is 405 g/mol. The standard InChI is InChI=1S/C21H31N3O3S/c1-21(2)18-8-6-7-9-19(18)22(3)20(21)14-17(25)15-24-12-10-16(11-13-24)23(4)28(5,26)27/h6-9,14,16H,10-13,15H2,1-5H3/b20-14+. The molecule has 28 heavy (non-hydrogen) atoms. The van der Waals surface area contributed by atoms with Gasteiger partial charge in [-0.05, 0) is 24.5 Å². The van der Waals surface area contributed by atoms with Gasteiger partial charge in [0.2, 0.25) is 10.0 Å². The molecule has 0 N–H and O–H groups in total. The van der Waals surface area contributed by atoms with Crippen molar-refractivity contribution in [3.05, 3.63) is 41.6 Å². The van der Waals surface area contributed by atoms with Crippen LogP contribution < -0.4 is 4.90 Å². The van der Waals surface area contributed by atoms with Gasteiger partial charge in [-0.3, -0.25) is 9.69 Å². The zero-order chi connectivity index (χ0) is 20.7. The molecular weight excluding hydrogens is 374 g/mol. The molecule has 0 bridgehead atoms. The van der Waals surface area contributed by atoms with Crippen molar-refractivity contribution in [3.8, 4) is 0 Å². The normalized spacial score (nSPS) is 22.1. The highest BCUT2D eigenvalue weighted by Crippen LogP contribution is 2.46. The highest BCUT2D eigenvalue weighted by Gasteiger charge is 2.38. The second kappa shape index (κ2) is 7.61. The van der Waals surface area contributed by atoms with Gasteiger partial charge >= 0.3 is 0 Å². The average Bonchev–Trinajstić information content (AvgIpc) is 2.82. The Morgan fingerprint density at radius 2 is 1.86 bits per heavy atom. The van der Waals surface area contributed by atoms with E-state index in [-0.39, 0.29) is 17.2 Å². The van der Waals surface area contributed by atoms with Crippen LogP contribution in [0.5, 0.6) is 0 Å². The molecule has 1 fully saturated rings. The van der Waals surface area contributed by atoms with E-state index >= 15 is 0 Å². The zero-order valence-corrected chi connectivity index (χ0v) is 18.3. The van der Waals surface area contributed by atoms with Crippen LogP contribution in [0.3, 0.4) is 0 Å². The van der Waals surface area contributed by atoms with Crippen LogP contribution in [0, 0.1) is 0 Å². The van der Waals surface area contributed by atoms with Gasteiger partial charge in [0.05, 0.1) is 12.8 Å². The van der Waals surface area contributed by atoms with Gasteiger partial charge in [-0.15, -0.1) is 0 Å². The molecule has 0 saturated carbocycles. The Morgan fingerprint density at radius 3 is 2.43 bits per heavy atom. The second-order valence-corrected chi connectivity index (χ2v) is 10.5. The number of carbonyl (C=O) groups excluding carboxylic acids is 1. The van der Waals surface area contributed by atoms with E-state index in [0.717, 1.165) is 37.3 Å². The van der Waals surface area contributed by atoms with Gasteiger partial charge in [-0.1, -0.05) is 32.0 Å². The summed E-state index contributed by atoms with van der Waals surface area (Å²) in [7, 11) is 0.482. The van der Waals surface area contributed by atoms with E-state index in [2.05, 4.69) is 35.8 Å². The lowest BCUT2D eigenvalue weighted by Crippen LogP contribution is -2.46. The lowest BCUT2D eigenvalue weighted by Gasteiger charge is -2.35. The Morgan fingerprint density at radius 1 is 1.25 bits per heavy atom. The summed E-state index contributed by atoms with van der Waals surface area (Å²) < 4.78 is 24.9. The van der Waals surface area contributed by atoms with Crippen LogP contribution in [0.15, 0.2) is 36.0 Å². The zero-order valence-electron chi connectivity index (χ0n) is 17.5. The van der Waals surface area contributed by atoms with Crippen LogP contribution in [-0.4, -0.2) is 69.4 Å². The number of hydrogen-bond acceptors (Lipinski definition) is 5. The van der Waals surface area contributed by atoms with Gasteiger partial charge in [-0.25, -0.2) is 12.7 Å². The van der Waals surface area contributed by atoms with E-state index in [4.69, 9.17) is 0 Å². The summed E-state index contributed by atoms with van der Waals surface area (Å²) in [5, 5.41) is 0. The van der Waals surface area contributed by atoms with Crippen molar-refractivity contribution < 1.29 is 13.2 Å². The summed E-state index contributed by atoms with van der Waals surface area (Å²) in [5.41, 5.74) is 3.20. The van der Waals surface area contributed by atoms with Crippen LogP contribution in [0.1, 0.15) is 32.3 Å².